The van der Waals surface area contributed by atoms with Gasteiger partial charge in [-0.25, -0.2) is 9.36 Å². The molecule has 0 spiro atoms. The number of anilines is 1. The Hall–Kier alpha value is -1.86. The number of nitrogens with one attached hydrogen (secondary N) is 3. The summed E-state index contributed by atoms with van der Waals surface area (Å²) < 4.78 is 1.36. The lowest BCUT2D eigenvalue weighted by atomic mass is 10.2. The first-order valence-corrected chi connectivity index (χ1v) is 8.30. The van der Waals surface area contributed by atoms with E-state index in [0.29, 0.717) is 21.1 Å². The monoisotopic (exact) mass is 380 g/mol. The van der Waals surface area contributed by atoms with Crippen LogP contribution in [0.3, 0.4) is 0 Å². The van der Waals surface area contributed by atoms with Crippen molar-refractivity contribution in [2.75, 3.05) is 12.4 Å². The third-order valence-corrected chi connectivity index (χ3v) is 4.52. The highest BCUT2D eigenvalue weighted by Crippen LogP contribution is 2.26. The van der Waals surface area contributed by atoms with Gasteiger partial charge in [0.15, 0.2) is 5.11 Å². The fraction of sp³-hybridized carbons (Fsp3) is 0.125. The van der Waals surface area contributed by atoms with Crippen LogP contribution < -0.4 is 16.3 Å². The summed E-state index contributed by atoms with van der Waals surface area (Å²) in [6.07, 6.45) is 0. The van der Waals surface area contributed by atoms with Crippen LogP contribution in [-0.2, 0) is 6.54 Å². The van der Waals surface area contributed by atoms with Crippen molar-refractivity contribution in [3.05, 3.63) is 62.5 Å². The molecular formula is C16H14Cl2N4OS. The lowest BCUT2D eigenvalue weighted by molar-refractivity contribution is 0.818. The Morgan fingerprint density at radius 1 is 1.21 bits per heavy atom. The molecule has 1 heterocycles. The number of fused-ring (bicyclic) bond motifs is 1. The van der Waals surface area contributed by atoms with Gasteiger partial charge in [0.2, 0.25) is 0 Å². The largest absolute Gasteiger partial charge is 0.332 e. The minimum atomic E-state index is -0.354. The van der Waals surface area contributed by atoms with Crippen molar-refractivity contribution in [2.45, 2.75) is 6.54 Å². The van der Waals surface area contributed by atoms with E-state index in [1.54, 1.807) is 12.1 Å². The van der Waals surface area contributed by atoms with Gasteiger partial charge in [-0.2, -0.15) is 0 Å². The summed E-state index contributed by atoms with van der Waals surface area (Å²) in [4.78, 5) is 14.9. The van der Waals surface area contributed by atoms with Crippen molar-refractivity contribution in [2.24, 2.45) is 0 Å². The zero-order valence-electron chi connectivity index (χ0n) is 12.7. The molecule has 0 aliphatic carbocycles. The van der Waals surface area contributed by atoms with Crippen LogP contribution >= 0.6 is 35.4 Å². The van der Waals surface area contributed by atoms with E-state index in [1.165, 1.54) is 4.57 Å². The van der Waals surface area contributed by atoms with Gasteiger partial charge in [0.25, 0.3) is 0 Å². The Morgan fingerprint density at radius 3 is 2.54 bits per heavy atom. The normalized spacial score (nSPS) is 11.0. The number of aromatic amines is 1. The van der Waals surface area contributed by atoms with Crippen LogP contribution in [0.2, 0.25) is 10.0 Å². The lowest BCUT2D eigenvalue weighted by Crippen LogP contribution is -2.28. The first-order valence-electron chi connectivity index (χ1n) is 7.14. The van der Waals surface area contributed by atoms with E-state index in [4.69, 9.17) is 35.4 Å². The van der Waals surface area contributed by atoms with Crippen molar-refractivity contribution in [3.63, 3.8) is 0 Å². The first kappa shape index (κ1) is 17.0. The molecule has 5 nitrogen and oxygen atoms in total. The Bertz CT molecular complexity index is 963. The molecule has 3 rings (SSSR count). The minimum absolute atomic E-state index is 0.256. The molecule has 0 bridgehead atoms. The molecule has 3 aromatic rings. The summed E-state index contributed by atoms with van der Waals surface area (Å²) in [6, 6.07) is 11.0. The highest BCUT2D eigenvalue weighted by atomic mass is 35.5. The van der Waals surface area contributed by atoms with Gasteiger partial charge in [-0.15, -0.1) is 0 Å². The molecular weight excluding hydrogens is 367 g/mol. The molecule has 0 saturated carbocycles. The molecule has 124 valence electrons. The Labute approximate surface area is 153 Å². The fourth-order valence-electron chi connectivity index (χ4n) is 2.39. The average Bonchev–Trinajstić information content (AvgIpc) is 2.85. The Morgan fingerprint density at radius 2 is 1.88 bits per heavy atom. The quantitative estimate of drug-likeness (QED) is 0.607. The third-order valence-electron chi connectivity index (χ3n) is 3.51. The van der Waals surface area contributed by atoms with Gasteiger partial charge in [0.1, 0.15) is 0 Å². The zero-order chi connectivity index (χ0) is 17.3. The molecule has 3 N–H and O–H groups in total. The molecule has 0 radical (unpaired) electrons. The maximum Gasteiger partial charge on any atom is 0.332 e. The average molecular weight is 381 g/mol. The predicted octanol–water partition coefficient (Wildman–Crippen LogP) is 3.60. The van der Waals surface area contributed by atoms with Gasteiger partial charge in [-0.05, 0) is 49.1 Å². The highest BCUT2D eigenvalue weighted by Gasteiger charge is 2.13. The van der Waals surface area contributed by atoms with Crippen molar-refractivity contribution >= 4 is 57.3 Å². The molecule has 0 atom stereocenters. The van der Waals surface area contributed by atoms with Crippen LogP contribution in [0.15, 0.2) is 41.2 Å². The number of thiocarbonyl (C=S) groups is 1. The van der Waals surface area contributed by atoms with Gasteiger partial charge in [0.05, 0.1) is 21.1 Å². The number of H-pyrrole nitrogens is 1. The van der Waals surface area contributed by atoms with Crippen LogP contribution in [0.4, 0.5) is 5.69 Å². The molecule has 0 aliphatic heterocycles. The number of aromatic nitrogens is 2. The number of rotatable bonds is 3. The van der Waals surface area contributed by atoms with E-state index in [-0.39, 0.29) is 10.8 Å². The number of nitrogens with zero attached hydrogens (tertiary/aromatic N) is 1. The first-order chi connectivity index (χ1) is 11.5. The Kier molecular flexibility index (Phi) is 4.91. The lowest BCUT2D eigenvalue weighted by Gasteiger charge is -2.10. The number of halogens is 2. The topological polar surface area (TPSA) is 61.9 Å². The van der Waals surface area contributed by atoms with Gasteiger partial charge >= 0.3 is 5.69 Å². The zero-order valence-corrected chi connectivity index (χ0v) is 15.0. The molecule has 0 saturated heterocycles. The van der Waals surface area contributed by atoms with E-state index < -0.39 is 0 Å². The standard InChI is InChI=1S/C16H14Cl2N4OS/c1-19-8-9-2-4-10(5-3-9)20-16(24)22-14-7-12(18)11(17)6-13(14)21-15(22)23/h2-7,19H,8H2,1H3,(H,20,24)(H,21,23). The van der Waals surface area contributed by atoms with E-state index in [2.05, 4.69) is 15.6 Å². The highest BCUT2D eigenvalue weighted by molar-refractivity contribution is 7.80. The summed E-state index contributed by atoms with van der Waals surface area (Å²) in [5, 5.41) is 7.13. The molecule has 1 aromatic heterocycles. The molecule has 0 aliphatic rings. The van der Waals surface area contributed by atoms with Crippen LogP contribution in [0.25, 0.3) is 11.0 Å². The second-order valence-corrected chi connectivity index (χ2v) is 6.41. The summed E-state index contributed by atoms with van der Waals surface area (Å²) in [6.45, 7) is 0.784. The van der Waals surface area contributed by atoms with E-state index in [9.17, 15) is 4.79 Å². The van der Waals surface area contributed by atoms with Gasteiger partial charge in [0, 0.05) is 12.2 Å². The fourth-order valence-corrected chi connectivity index (χ4v) is 3.01. The summed E-state index contributed by atoms with van der Waals surface area (Å²) >= 11 is 17.4. The van der Waals surface area contributed by atoms with Crippen LogP contribution in [0, 0.1) is 0 Å². The smallest absolute Gasteiger partial charge is 0.332 e. The molecule has 24 heavy (non-hydrogen) atoms. The van der Waals surface area contributed by atoms with Crippen LogP contribution in [0.1, 0.15) is 5.56 Å². The maximum atomic E-state index is 12.2. The number of imidazole rings is 1. The third kappa shape index (κ3) is 3.32. The summed E-state index contributed by atoms with van der Waals surface area (Å²) in [5.41, 5.74) is 2.73. The van der Waals surface area contributed by atoms with Crippen molar-refractivity contribution in [3.8, 4) is 0 Å². The Balaban J connectivity index is 1.92. The second kappa shape index (κ2) is 6.94. The van der Waals surface area contributed by atoms with Crippen molar-refractivity contribution in [1.82, 2.24) is 14.9 Å². The summed E-state index contributed by atoms with van der Waals surface area (Å²) in [5.74, 6) is 0. The molecule has 8 heteroatoms. The van der Waals surface area contributed by atoms with Gasteiger partial charge in [-0.1, -0.05) is 35.3 Å². The maximum absolute atomic E-state index is 12.2. The number of benzene rings is 2. The van der Waals surface area contributed by atoms with E-state index in [1.807, 2.05) is 31.3 Å². The summed E-state index contributed by atoms with van der Waals surface area (Å²) in [7, 11) is 1.89. The van der Waals surface area contributed by atoms with Crippen molar-refractivity contribution < 1.29 is 0 Å². The van der Waals surface area contributed by atoms with E-state index >= 15 is 0 Å². The molecule has 2 aromatic carbocycles. The van der Waals surface area contributed by atoms with Gasteiger partial charge in [-0.3, -0.25) is 0 Å². The number of hydrogen-bond acceptors (Lipinski definition) is 3. The van der Waals surface area contributed by atoms with Crippen molar-refractivity contribution in [1.29, 1.82) is 0 Å². The SMILES string of the molecule is CNCc1ccc(NC(=S)n2c(=O)[nH]c3cc(Cl)c(Cl)cc32)cc1. The molecule has 0 amide bonds. The predicted molar refractivity (Wildman–Crippen MR) is 103 cm³/mol. The second-order valence-electron chi connectivity index (χ2n) is 5.21. The van der Waals surface area contributed by atoms with E-state index in [0.717, 1.165) is 17.8 Å². The number of hydrogen-bond donors (Lipinski definition) is 3. The molecule has 0 fully saturated rings. The minimum Gasteiger partial charge on any atom is -0.332 e. The van der Waals surface area contributed by atoms with Crippen LogP contribution in [-0.4, -0.2) is 21.7 Å². The van der Waals surface area contributed by atoms with Crippen LogP contribution in [0.5, 0.6) is 0 Å². The van der Waals surface area contributed by atoms with Gasteiger partial charge < -0.3 is 15.6 Å². The molecule has 0 unspecified atom stereocenters.